The first-order chi connectivity index (χ1) is 12.1. The van der Waals surface area contributed by atoms with Gasteiger partial charge in [0.1, 0.15) is 11.6 Å². The van der Waals surface area contributed by atoms with Gasteiger partial charge in [-0.15, -0.1) is 5.10 Å². The minimum atomic E-state index is -0.407. The van der Waals surface area contributed by atoms with Crippen molar-refractivity contribution in [2.24, 2.45) is 10.2 Å². The number of hydrogen-bond donors (Lipinski definition) is 1. The number of rotatable bonds is 2. The number of hydrogen-bond acceptors (Lipinski definition) is 6. The lowest BCUT2D eigenvalue weighted by Gasteiger charge is -2.07. The third kappa shape index (κ3) is 2.77. The lowest BCUT2D eigenvalue weighted by Crippen LogP contribution is -2.30. The second kappa shape index (κ2) is 6.08. The maximum absolute atomic E-state index is 12.5. The Bertz CT molecular complexity index is 925. The second-order valence-electron chi connectivity index (χ2n) is 6.07. The first-order valence-corrected chi connectivity index (χ1v) is 8.15. The van der Waals surface area contributed by atoms with Crippen LogP contribution in [-0.2, 0) is 6.42 Å². The third-order valence-electron chi connectivity index (χ3n) is 4.36. The van der Waals surface area contributed by atoms with Gasteiger partial charge in [-0.1, -0.05) is 6.07 Å². The van der Waals surface area contributed by atoms with Crippen molar-refractivity contribution in [1.82, 2.24) is 10.3 Å². The number of nitrogens with one attached hydrogen (secondary N) is 1. The minimum absolute atomic E-state index is 0.0422. The quantitative estimate of drug-likeness (QED) is 0.911. The van der Waals surface area contributed by atoms with E-state index < -0.39 is 5.91 Å². The Kier molecular flexibility index (Phi) is 3.76. The largest absolute Gasteiger partial charge is 0.455 e. The normalized spacial score (nSPS) is 16.3. The van der Waals surface area contributed by atoms with Crippen molar-refractivity contribution < 1.29 is 14.0 Å². The first-order valence-electron chi connectivity index (χ1n) is 8.15. The van der Waals surface area contributed by atoms with Crippen molar-refractivity contribution in [2.75, 3.05) is 0 Å². The fourth-order valence-corrected chi connectivity index (χ4v) is 3.15. The van der Waals surface area contributed by atoms with Crippen molar-refractivity contribution in [3.8, 4) is 0 Å². The lowest BCUT2D eigenvalue weighted by molar-refractivity contribution is 0.0940. The number of nitrogens with zero attached hydrogens (tertiary/aromatic N) is 3. The smallest absolute Gasteiger partial charge is 0.292 e. The first kappa shape index (κ1) is 15.4. The molecule has 0 unspecified atom stereocenters. The summed E-state index contributed by atoms with van der Waals surface area (Å²) in [4.78, 5) is 28.8. The molecule has 0 saturated heterocycles. The van der Waals surface area contributed by atoms with Crippen LogP contribution in [-0.4, -0.2) is 28.2 Å². The highest BCUT2D eigenvalue weighted by Crippen LogP contribution is 2.29. The molecule has 2 aromatic heterocycles. The number of pyridine rings is 1. The van der Waals surface area contributed by atoms with Crippen molar-refractivity contribution >= 4 is 23.2 Å². The van der Waals surface area contributed by atoms with E-state index in [-0.39, 0.29) is 11.5 Å². The van der Waals surface area contributed by atoms with Crippen molar-refractivity contribution in [3.63, 3.8) is 0 Å². The van der Waals surface area contributed by atoms with Crippen LogP contribution in [0, 0.1) is 6.92 Å². The van der Waals surface area contributed by atoms with E-state index in [1.807, 2.05) is 18.2 Å². The number of carbonyl (C=O) groups is 2. The van der Waals surface area contributed by atoms with Gasteiger partial charge in [-0.2, -0.15) is 5.10 Å². The van der Waals surface area contributed by atoms with E-state index in [1.165, 1.54) is 0 Å². The van der Waals surface area contributed by atoms with Crippen LogP contribution in [0.5, 0.6) is 0 Å². The van der Waals surface area contributed by atoms with Gasteiger partial charge < -0.3 is 9.73 Å². The fraction of sp³-hybridized carbons (Fsp3) is 0.278. The Morgan fingerprint density at radius 3 is 2.88 bits per heavy atom. The molecule has 1 aliphatic carbocycles. The number of aromatic nitrogens is 1. The molecule has 0 spiro atoms. The number of carbonyl (C=O) groups excluding carboxylic acids is 2. The molecule has 0 atom stereocenters. The summed E-state index contributed by atoms with van der Waals surface area (Å²) in [6.07, 6.45) is 4.02. The monoisotopic (exact) mass is 336 g/mol. The van der Waals surface area contributed by atoms with Gasteiger partial charge in [0.15, 0.2) is 11.5 Å². The summed E-state index contributed by atoms with van der Waals surface area (Å²) < 4.78 is 5.65. The van der Waals surface area contributed by atoms with Crippen LogP contribution in [0.25, 0.3) is 0 Å². The van der Waals surface area contributed by atoms with Crippen LogP contribution in [0.3, 0.4) is 0 Å². The maximum Gasteiger partial charge on any atom is 0.292 e. The van der Waals surface area contributed by atoms with Crippen molar-refractivity contribution in [2.45, 2.75) is 32.6 Å². The van der Waals surface area contributed by atoms with Crippen LogP contribution < -0.4 is 5.32 Å². The van der Waals surface area contributed by atoms with E-state index in [0.717, 1.165) is 12.1 Å². The van der Waals surface area contributed by atoms with Gasteiger partial charge in [0.25, 0.3) is 5.91 Å². The Balaban J connectivity index is 1.48. The summed E-state index contributed by atoms with van der Waals surface area (Å²) in [5, 5.41) is 10.8. The molecule has 126 valence electrons. The van der Waals surface area contributed by atoms with Crippen LogP contribution in [0.4, 0.5) is 0 Å². The molecule has 0 fully saturated rings. The molecule has 4 rings (SSSR count). The van der Waals surface area contributed by atoms with Crippen LogP contribution >= 0.6 is 0 Å². The molecule has 25 heavy (non-hydrogen) atoms. The number of amides is 1. The summed E-state index contributed by atoms with van der Waals surface area (Å²) in [6.45, 7) is 1.74. The topological polar surface area (TPSA) is 96.9 Å². The van der Waals surface area contributed by atoms with Gasteiger partial charge >= 0.3 is 0 Å². The number of amidine groups is 1. The van der Waals surface area contributed by atoms with Gasteiger partial charge in [-0.25, -0.2) is 0 Å². The molecule has 7 heteroatoms. The standard InChI is InChI=1S/C18H16N4O3/c1-10-16-13(23)6-4-7-14(16)25-17(10)18(24)20-15-9-12(21-22-15)11-5-2-3-8-19-11/h2-3,5,8H,4,6-7,9H2,1H3,(H,20,22,24). The number of Topliss-reactive ketones (excluding diaryl/α,β-unsaturated/α-hetero) is 1. The van der Waals surface area contributed by atoms with E-state index in [4.69, 9.17) is 4.42 Å². The van der Waals surface area contributed by atoms with E-state index >= 15 is 0 Å². The molecule has 1 amide bonds. The van der Waals surface area contributed by atoms with Crippen LogP contribution in [0.1, 0.15) is 57.2 Å². The van der Waals surface area contributed by atoms with Crippen molar-refractivity contribution in [1.29, 1.82) is 0 Å². The number of aryl methyl sites for hydroxylation is 1. The average molecular weight is 336 g/mol. The molecule has 0 saturated carbocycles. The molecule has 2 aliphatic rings. The van der Waals surface area contributed by atoms with Gasteiger partial charge in [0, 0.05) is 24.6 Å². The highest BCUT2D eigenvalue weighted by atomic mass is 16.4. The van der Waals surface area contributed by atoms with Gasteiger partial charge in [-0.05, 0) is 25.5 Å². The van der Waals surface area contributed by atoms with E-state index in [0.29, 0.717) is 47.7 Å². The Labute approximate surface area is 143 Å². The fourth-order valence-electron chi connectivity index (χ4n) is 3.15. The molecule has 7 nitrogen and oxygen atoms in total. The van der Waals surface area contributed by atoms with Crippen LogP contribution in [0.2, 0.25) is 0 Å². The Morgan fingerprint density at radius 2 is 2.12 bits per heavy atom. The average Bonchev–Trinajstić information content (AvgIpc) is 3.21. The Morgan fingerprint density at radius 1 is 1.24 bits per heavy atom. The number of fused-ring (bicyclic) bond motifs is 1. The van der Waals surface area contributed by atoms with Gasteiger partial charge in [0.2, 0.25) is 0 Å². The van der Waals surface area contributed by atoms with Crippen LogP contribution in [0.15, 0.2) is 39.0 Å². The zero-order valence-electron chi connectivity index (χ0n) is 13.7. The summed E-state index contributed by atoms with van der Waals surface area (Å²) in [5.41, 5.74) is 2.59. The minimum Gasteiger partial charge on any atom is -0.455 e. The summed E-state index contributed by atoms with van der Waals surface area (Å²) in [7, 11) is 0. The van der Waals surface area contributed by atoms with Gasteiger partial charge in [0.05, 0.1) is 23.4 Å². The number of ketones is 1. The zero-order valence-corrected chi connectivity index (χ0v) is 13.7. The summed E-state index contributed by atoms with van der Waals surface area (Å²) in [6, 6.07) is 5.54. The molecule has 0 aromatic carbocycles. The molecule has 2 aromatic rings. The van der Waals surface area contributed by atoms with Crippen molar-refractivity contribution in [3.05, 3.63) is 52.7 Å². The summed E-state index contributed by atoms with van der Waals surface area (Å²) in [5.74, 6) is 0.856. The number of furan rings is 1. The Hall–Kier alpha value is -3.09. The SMILES string of the molecule is Cc1c(C(=O)NC2=NN=C(c3ccccn3)C2)oc2c1C(=O)CCC2. The zero-order chi connectivity index (χ0) is 17.4. The lowest BCUT2D eigenvalue weighted by atomic mass is 9.94. The molecular weight excluding hydrogens is 320 g/mol. The van der Waals surface area contributed by atoms with E-state index in [1.54, 1.807) is 13.1 Å². The molecule has 1 aliphatic heterocycles. The third-order valence-corrected chi connectivity index (χ3v) is 4.36. The van der Waals surface area contributed by atoms with Gasteiger partial charge in [-0.3, -0.25) is 14.6 Å². The molecule has 0 radical (unpaired) electrons. The predicted octanol–water partition coefficient (Wildman–Crippen LogP) is 2.44. The summed E-state index contributed by atoms with van der Waals surface area (Å²) >= 11 is 0. The second-order valence-corrected chi connectivity index (χ2v) is 6.07. The van der Waals surface area contributed by atoms with E-state index in [2.05, 4.69) is 20.5 Å². The maximum atomic E-state index is 12.5. The van der Waals surface area contributed by atoms with E-state index in [9.17, 15) is 9.59 Å². The highest BCUT2D eigenvalue weighted by molar-refractivity contribution is 6.18. The molecule has 3 heterocycles. The molecular formula is C18H16N4O3. The predicted molar refractivity (Wildman–Crippen MR) is 91.0 cm³/mol. The molecule has 1 N–H and O–H groups in total. The highest BCUT2D eigenvalue weighted by Gasteiger charge is 2.29. The molecule has 0 bridgehead atoms.